The number of nitrogens with zero attached hydrogens (tertiary/aromatic N) is 1. The van der Waals surface area contributed by atoms with E-state index in [4.69, 9.17) is 11.6 Å². The first-order chi connectivity index (χ1) is 8.01. The highest BCUT2D eigenvalue weighted by molar-refractivity contribution is 6.17. The molecule has 0 amide bonds. The average molecular weight is 268 g/mol. The van der Waals surface area contributed by atoms with Gasteiger partial charge in [-0.15, -0.1) is 11.6 Å². The van der Waals surface area contributed by atoms with E-state index in [1.807, 2.05) is 0 Å². The Morgan fingerprint density at radius 2 is 2.24 bits per heavy atom. The summed E-state index contributed by atoms with van der Waals surface area (Å²) in [6.45, 7) is 1.59. The summed E-state index contributed by atoms with van der Waals surface area (Å²) in [5, 5.41) is 0. The monoisotopic (exact) mass is 267 g/mol. The summed E-state index contributed by atoms with van der Waals surface area (Å²) >= 11 is 5.43. The summed E-state index contributed by atoms with van der Waals surface area (Å²) in [4.78, 5) is 14.3. The van der Waals surface area contributed by atoms with Gasteiger partial charge in [0.1, 0.15) is 11.3 Å². The Kier molecular flexibility index (Phi) is 4.74. The smallest absolute Gasteiger partial charge is 0.342 e. The molecule has 1 aromatic heterocycles. The van der Waals surface area contributed by atoms with Crippen LogP contribution in [-0.4, -0.2) is 17.6 Å². The Labute approximate surface area is 101 Å². The summed E-state index contributed by atoms with van der Waals surface area (Å²) in [6.07, 6.45) is -2.95. The fourth-order valence-corrected chi connectivity index (χ4v) is 1.41. The maximum absolute atomic E-state index is 13.3. The van der Waals surface area contributed by atoms with Gasteiger partial charge in [-0.25, -0.2) is 18.6 Å². The quantitative estimate of drug-likeness (QED) is 0.478. The maximum Gasteiger partial charge on any atom is 0.342 e. The fourth-order valence-electron chi connectivity index (χ4n) is 1.19. The molecule has 0 unspecified atom stereocenters. The van der Waals surface area contributed by atoms with Gasteiger partial charge in [-0.2, -0.15) is 4.39 Å². The van der Waals surface area contributed by atoms with Crippen LogP contribution in [0.25, 0.3) is 0 Å². The highest BCUT2D eigenvalue weighted by Crippen LogP contribution is 2.24. The van der Waals surface area contributed by atoms with Crippen molar-refractivity contribution in [3.05, 3.63) is 28.8 Å². The van der Waals surface area contributed by atoms with E-state index in [1.165, 1.54) is 0 Å². The molecule has 0 bridgehead atoms. The summed E-state index contributed by atoms with van der Waals surface area (Å²) in [6, 6.07) is 0.939. The number of ether oxygens (including phenoxy) is 1. The van der Waals surface area contributed by atoms with Crippen molar-refractivity contribution < 1.29 is 22.7 Å². The van der Waals surface area contributed by atoms with Crippen molar-refractivity contribution >= 4 is 17.6 Å². The van der Waals surface area contributed by atoms with Gasteiger partial charge in [-0.05, 0) is 18.6 Å². The molecule has 0 N–H and O–H groups in total. The van der Waals surface area contributed by atoms with Crippen molar-refractivity contribution in [3.63, 3.8) is 0 Å². The van der Waals surface area contributed by atoms with Crippen LogP contribution in [-0.2, 0) is 10.6 Å². The highest BCUT2D eigenvalue weighted by Gasteiger charge is 2.22. The third-order valence-electron chi connectivity index (χ3n) is 1.93. The number of halogens is 4. The SMILES string of the molecule is CCOC(=O)c1cc(CCl)c(C(F)F)nc1F. The van der Waals surface area contributed by atoms with E-state index in [0.29, 0.717) is 0 Å². The lowest BCUT2D eigenvalue weighted by atomic mass is 10.1. The van der Waals surface area contributed by atoms with Crippen molar-refractivity contribution in [2.75, 3.05) is 6.61 Å². The van der Waals surface area contributed by atoms with E-state index in [9.17, 15) is 18.0 Å². The largest absolute Gasteiger partial charge is 0.462 e. The predicted octanol–water partition coefficient (Wildman–Crippen LogP) is 3.07. The Morgan fingerprint density at radius 3 is 2.71 bits per heavy atom. The van der Waals surface area contributed by atoms with Crippen molar-refractivity contribution in [2.45, 2.75) is 19.2 Å². The minimum atomic E-state index is -2.95. The molecule has 0 radical (unpaired) electrons. The van der Waals surface area contributed by atoms with Gasteiger partial charge in [-0.1, -0.05) is 0 Å². The average Bonchev–Trinajstić information content (AvgIpc) is 2.28. The molecule has 0 atom stereocenters. The molecule has 0 saturated carbocycles. The number of carbonyl (C=O) groups is 1. The third-order valence-corrected chi connectivity index (χ3v) is 2.22. The zero-order chi connectivity index (χ0) is 13.0. The lowest BCUT2D eigenvalue weighted by Gasteiger charge is -2.08. The van der Waals surface area contributed by atoms with Gasteiger partial charge < -0.3 is 4.74 Å². The maximum atomic E-state index is 13.3. The molecule has 1 rings (SSSR count). The zero-order valence-electron chi connectivity index (χ0n) is 8.84. The molecule has 7 heteroatoms. The van der Waals surface area contributed by atoms with E-state index in [1.54, 1.807) is 6.92 Å². The molecule has 1 aromatic rings. The molecule has 0 aliphatic rings. The third kappa shape index (κ3) is 3.09. The molecule has 3 nitrogen and oxygen atoms in total. The second-order valence-electron chi connectivity index (χ2n) is 3.03. The van der Waals surface area contributed by atoms with Gasteiger partial charge in [0, 0.05) is 5.88 Å². The molecule has 0 aliphatic carbocycles. The number of aromatic nitrogens is 1. The zero-order valence-corrected chi connectivity index (χ0v) is 9.60. The van der Waals surface area contributed by atoms with Crippen LogP contribution in [0.5, 0.6) is 0 Å². The van der Waals surface area contributed by atoms with E-state index in [-0.39, 0.29) is 18.1 Å². The number of hydrogen-bond acceptors (Lipinski definition) is 3. The van der Waals surface area contributed by atoms with E-state index in [0.717, 1.165) is 6.07 Å². The summed E-state index contributed by atoms with van der Waals surface area (Å²) in [5.41, 5.74) is -1.34. The Hall–Kier alpha value is -1.30. The van der Waals surface area contributed by atoms with Gasteiger partial charge in [0.2, 0.25) is 5.95 Å². The number of rotatable bonds is 4. The molecular formula is C10H9ClF3NO2. The lowest BCUT2D eigenvalue weighted by Crippen LogP contribution is -2.11. The molecule has 0 aromatic carbocycles. The number of esters is 1. The van der Waals surface area contributed by atoms with Crippen molar-refractivity contribution in [3.8, 4) is 0 Å². The van der Waals surface area contributed by atoms with Gasteiger partial charge in [0.05, 0.1) is 6.61 Å². The van der Waals surface area contributed by atoms with Crippen molar-refractivity contribution in [1.82, 2.24) is 4.98 Å². The molecule has 0 aliphatic heterocycles. The molecule has 94 valence electrons. The van der Waals surface area contributed by atoms with E-state index in [2.05, 4.69) is 9.72 Å². The summed E-state index contributed by atoms with van der Waals surface area (Å²) < 4.78 is 42.8. The first-order valence-corrected chi connectivity index (χ1v) is 5.25. The van der Waals surface area contributed by atoms with Crippen LogP contribution in [0, 0.1) is 5.95 Å². The van der Waals surface area contributed by atoms with E-state index >= 15 is 0 Å². The number of pyridine rings is 1. The molecular weight excluding hydrogens is 259 g/mol. The van der Waals surface area contributed by atoms with Crippen molar-refractivity contribution in [2.24, 2.45) is 0 Å². The fraction of sp³-hybridized carbons (Fsp3) is 0.400. The highest BCUT2D eigenvalue weighted by atomic mass is 35.5. The van der Waals surface area contributed by atoms with Crippen LogP contribution in [0.4, 0.5) is 13.2 Å². The van der Waals surface area contributed by atoms with E-state index < -0.39 is 29.6 Å². The lowest BCUT2D eigenvalue weighted by molar-refractivity contribution is 0.0518. The Morgan fingerprint density at radius 1 is 1.59 bits per heavy atom. The molecule has 0 spiro atoms. The second kappa shape index (κ2) is 5.86. The van der Waals surface area contributed by atoms with Gasteiger partial charge in [-0.3, -0.25) is 0 Å². The molecule has 0 saturated heterocycles. The molecule has 0 fully saturated rings. The Bertz CT molecular complexity index is 426. The topological polar surface area (TPSA) is 39.2 Å². The predicted molar refractivity (Wildman–Crippen MR) is 54.7 cm³/mol. The van der Waals surface area contributed by atoms with Crippen molar-refractivity contribution in [1.29, 1.82) is 0 Å². The van der Waals surface area contributed by atoms with Crippen LogP contribution < -0.4 is 0 Å². The molecule has 1 heterocycles. The van der Waals surface area contributed by atoms with Crippen LogP contribution in [0.15, 0.2) is 6.07 Å². The van der Waals surface area contributed by atoms with Gasteiger partial charge in [0.15, 0.2) is 0 Å². The minimum Gasteiger partial charge on any atom is -0.462 e. The first kappa shape index (κ1) is 13.8. The van der Waals surface area contributed by atoms with Crippen LogP contribution in [0.3, 0.4) is 0 Å². The van der Waals surface area contributed by atoms with Crippen LogP contribution in [0.2, 0.25) is 0 Å². The van der Waals surface area contributed by atoms with Crippen LogP contribution in [0.1, 0.15) is 35.0 Å². The number of alkyl halides is 3. The Balaban J connectivity index is 3.22. The standard InChI is InChI=1S/C10H9ClF3NO2/c1-2-17-10(16)6-3-5(4-11)7(8(12)13)15-9(6)14/h3,8H,2,4H2,1H3. The van der Waals surface area contributed by atoms with Gasteiger partial charge in [0.25, 0.3) is 6.43 Å². The normalized spacial score (nSPS) is 10.7. The molecule has 17 heavy (non-hydrogen) atoms. The first-order valence-electron chi connectivity index (χ1n) is 4.71. The van der Waals surface area contributed by atoms with Gasteiger partial charge >= 0.3 is 5.97 Å². The summed E-state index contributed by atoms with van der Waals surface area (Å²) in [5.74, 6) is -2.53. The van der Waals surface area contributed by atoms with Crippen LogP contribution >= 0.6 is 11.6 Å². The second-order valence-corrected chi connectivity index (χ2v) is 3.29. The number of carbonyl (C=O) groups excluding carboxylic acids is 1. The number of hydrogen-bond donors (Lipinski definition) is 0. The minimum absolute atomic E-state index is 0.0467. The summed E-state index contributed by atoms with van der Waals surface area (Å²) in [7, 11) is 0.